The molecular formula is C80H128O26S6. The highest BCUT2D eigenvalue weighted by atomic mass is 32.2. The molecule has 0 radical (unpaired) electrons. The van der Waals surface area contributed by atoms with Crippen molar-refractivity contribution in [1.82, 2.24) is 0 Å². The number of thioether (sulfide) groups is 6. The number of carbonyl (C=O) groups is 8. The fourth-order valence-corrected chi connectivity index (χ4v) is 15.5. The van der Waals surface area contributed by atoms with E-state index in [1.165, 1.54) is 12.2 Å². The van der Waals surface area contributed by atoms with Gasteiger partial charge in [0.05, 0.1) is 62.3 Å². The average molecular weight is 1700 g/mol. The summed E-state index contributed by atoms with van der Waals surface area (Å²) in [4.78, 5) is 89.3. The van der Waals surface area contributed by atoms with Crippen LogP contribution in [0.1, 0.15) is 164 Å². The zero-order chi connectivity index (χ0) is 85.5. The molecule has 32 heteroatoms. The lowest BCUT2D eigenvalue weighted by atomic mass is 10.1. The van der Waals surface area contributed by atoms with Crippen molar-refractivity contribution in [3.05, 3.63) is 99.2 Å². The van der Waals surface area contributed by atoms with Gasteiger partial charge in [0, 0.05) is 71.3 Å². The third-order valence-corrected chi connectivity index (χ3v) is 24.4. The molecule has 0 aromatic rings. The Labute approximate surface area is 691 Å². The lowest BCUT2D eigenvalue weighted by molar-refractivity contribution is -0.272. The van der Waals surface area contributed by atoms with Crippen molar-refractivity contribution >= 4 is 118 Å². The van der Waals surface area contributed by atoms with Crippen molar-refractivity contribution in [2.24, 2.45) is 0 Å². The number of rotatable bonds is 16. The van der Waals surface area contributed by atoms with E-state index in [0.717, 1.165) is 85.6 Å². The smallest absolute Gasteiger partial charge is 0.335 e. The van der Waals surface area contributed by atoms with Crippen LogP contribution >= 0.6 is 70.6 Å². The fourth-order valence-electron chi connectivity index (χ4n) is 9.14. The molecule has 0 aromatic heterocycles. The van der Waals surface area contributed by atoms with Gasteiger partial charge in [-0.15, -0.1) is 70.6 Å². The first-order valence-corrected chi connectivity index (χ1v) is 43.0. The lowest BCUT2D eigenvalue weighted by Crippen LogP contribution is -2.48. The van der Waals surface area contributed by atoms with Gasteiger partial charge in [0.15, 0.2) is 21.7 Å². The second kappa shape index (κ2) is 51.6. The van der Waals surface area contributed by atoms with E-state index in [1.54, 1.807) is 98.3 Å². The van der Waals surface area contributed by atoms with Crippen LogP contribution in [0.15, 0.2) is 99.2 Å². The van der Waals surface area contributed by atoms with E-state index >= 15 is 0 Å². The van der Waals surface area contributed by atoms with Gasteiger partial charge in [-0.05, 0) is 187 Å². The minimum Gasteiger partial charge on any atom is -0.445 e. The molecule has 0 saturated carbocycles. The van der Waals surface area contributed by atoms with E-state index < -0.39 is 82.6 Å². The lowest BCUT2D eigenvalue weighted by Gasteiger charge is -2.37. The molecule has 8 rings (SSSR count). The van der Waals surface area contributed by atoms with Crippen LogP contribution < -0.4 is 0 Å². The van der Waals surface area contributed by atoms with Gasteiger partial charge in [0.2, 0.25) is 25.2 Å². The Hall–Kier alpha value is -4.62. The normalized spacial score (nSPS) is 25.9. The van der Waals surface area contributed by atoms with E-state index in [9.17, 15) is 38.4 Å². The van der Waals surface area contributed by atoms with Crippen LogP contribution in [0.4, 0.5) is 0 Å². The zero-order valence-electron chi connectivity index (χ0n) is 69.8. The molecule has 0 spiro atoms. The Morgan fingerprint density at radius 1 is 0.286 bits per heavy atom. The van der Waals surface area contributed by atoms with Crippen molar-refractivity contribution < 1.29 is 124 Å². The maximum atomic E-state index is 11.4. The molecule has 8 aliphatic heterocycles. The van der Waals surface area contributed by atoms with E-state index in [1.807, 2.05) is 111 Å². The van der Waals surface area contributed by atoms with Gasteiger partial charge in [0.25, 0.3) is 0 Å². The van der Waals surface area contributed by atoms with Gasteiger partial charge in [-0.25, -0.2) is 38.4 Å². The van der Waals surface area contributed by atoms with Gasteiger partial charge in [-0.1, -0.05) is 52.6 Å². The van der Waals surface area contributed by atoms with Crippen LogP contribution in [0.2, 0.25) is 0 Å². The Bertz CT molecular complexity index is 2890. The van der Waals surface area contributed by atoms with E-state index in [2.05, 4.69) is 52.6 Å². The molecular weight excluding hydrogens is 1570 g/mol. The average Bonchev–Trinajstić information content (AvgIpc) is 1.41. The largest absolute Gasteiger partial charge is 0.445 e. The molecule has 8 heterocycles. The molecule has 112 heavy (non-hydrogen) atoms. The van der Waals surface area contributed by atoms with Crippen LogP contribution in [0, 0.1) is 0 Å². The summed E-state index contributed by atoms with van der Waals surface area (Å²) >= 11 is 9.99. The van der Waals surface area contributed by atoms with Crippen molar-refractivity contribution in [2.75, 3.05) is 101 Å². The minimum absolute atomic E-state index is 0.185. The van der Waals surface area contributed by atoms with Gasteiger partial charge in [-0.2, -0.15) is 0 Å². The van der Waals surface area contributed by atoms with Crippen molar-refractivity contribution in [1.29, 1.82) is 0 Å². The first kappa shape index (κ1) is 105. The molecule has 0 bridgehead atoms. The van der Waals surface area contributed by atoms with Crippen molar-refractivity contribution in [2.45, 2.75) is 254 Å². The molecule has 0 aromatic carbocycles. The Kier molecular flexibility index (Phi) is 48.5. The maximum Gasteiger partial charge on any atom is 0.335 e. The third kappa shape index (κ3) is 41.0. The van der Waals surface area contributed by atoms with Crippen LogP contribution in [-0.4, -0.2) is 238 Å². The van der Waals surface area contributed by atoms with Gasteiger partial charge < -0.3 is 85.3 Å². The number of hydrogen-bond acceptors (Lipinski definition) is 32. The molecule has 640 valence electrons. The van der Waals surface area contributed by atoms with Crippen molar-refractivity contribution in [3.63, 3.8) is 0 Å². The maximum absolute atomic E-state index is 11.4. The number of hydrogen-bond donors (Lipinski definition) is 0. The SMILES string of the molecule is C=C(C)C(=O)OC1OCCCSC1(C)C.C=C(C)C(=O)OC1OCCOC1(C)C.C=C(C)C(=O)OC1SCCCOC1(C)C.C=C(C)C(=O)OC1SCCOC1(C)C.C=CC(=O)OC1OCCCSC1(C)C.C=CC(=O)OC1OCCOC1(C)C.C=CC(=O)OC1SCCCOC1(C)C.C=CC(=O)OC1SCCOC1(C)C. The molecule has 8 unspecified atom stereocenters. The first-order valence-electron chi connectivity index (χ1n) is 36.8. The number of carbonyl (C=O) groups excluding carboxylic acids is 8. The topological polar surface area (TPSA) is 303 Å². The molecule has 26 nitrogen and oxygen atoms in total. The molecule has 0 N–H and O–H groups in total. The predicted molar refractivity (Wildman–Crippen MR) is 444 cm³/mol. The summed E-state index contributed by atoms with van der Waals surface area (Å²) in [5, 5.41) is 0. The summed E-state index contributed by atoms with van der Waals surface area (Å²) in [6.45, 7) is 71.0. The summed E-state index contributed by atoms with van der Waals surface area (Å²) in [6.07, 6.45) is 6.36. The predicted octanol–water partition coefficient (Wildman–Crippen LogP) is 14.4. The van der Waals surface area contributed by atoms with Gasteiger partial charge >= 0.3 is 47.8 Å². The van der Waals surface area contributed by atoms with Crippen LogP contribution in [0.3, 0.4) is 0 Å². The van der Waals surface area contributed by atoms with Crippen molar-refractivity contribution in [3.8, 4) is 0 Å². The summed E-state index contributed by atoms with van der Waals surface area (Å²) in [5.74, 6) is 2.48. The Balaban J connectivity index is 0.000000640. The molecule has 8 aliphatic rings. The van der Waals surface area contributed by atoms with Gasteiger partial charge in [0.1, 0.15) is 33.6 Å². The minimum atomic E-state index is -0.652. The zero-order valence-corrected chi connectivity index (χ0v) is 74.7. The summed E-state index contributed by atoms with van der Waals surface area (Å²) in [5.41, 5.74) is -2.17. The molecule has 8 saturated heterocycles. The Morgan fingerprint density at radius 2 is 0.527 bits per heavy atom. The highest BCUT2D eigenvalue weighted by Crippen LogP contribution is 2.38. The van der Waals surface area contributed by atoms with E-state index in [4.69, 9.17) is 85.3 Å². The fraction of sp³-hybridized carbons (Fsp3) is 0.700. The molecule has 8 fully saturated rings. The molecule has 0 aliphatic carbocycles. The quantitative estimate of drug-likeness (QED) is 0.0787. The number of ether oxygens (including phenoxy) is 18. The summed E-state index contributed by atoms with van der Waals surface area (Å²) in [7, 11) is 0. The van der Waals surface area contributed by atoms with E-state index in [0.29, 0.717) is 75.1 Å². The van der Waals surface area contributed by atoms with Crippen LogP contribution in [-0.2, 0) is 124 Å². The second-order valence-corrected chi connectivity index (χ2v) is 38.1. The van der Waals surface area contributed by atoms with Crippen LogP contribution in [0.25, 0.3) is 0 Å². The standard InChI is InChI=1S/2C11H18O3S.C10H16O4.3C10H16O3S.C9H14O4.C9H14O3S/c1-8(2)9(12)14-10-11(3,4)13-6-5-7-15-10;1-8(2)9(12)14-10-11(3,4)15-7-5-6-13-10;1-7(2)8(11)14-9-10(3,4)13-6-5-12-9;1-7(2)8(11)13-9-10(3,4)12-5-6-14-9;1-4-8(11)13-9-10(2,3)12-6-5-7-14-9;1-4-8(11)13-9-10(2,3)14-7-5-6-12-9;1-4-7(10)13-8-9(2,3)12-6-5-11-8;1-4-7(10)12-8-9(2,3)11-5-6-13-8/h2*10H,1,5-7H2,2-4H3;2*9H,1,5-6H2,2-4H3;2*4,9H,1,5-7H2,2-3H3;2*4,8H,1,5-6H2,2-3H3. The van der Waals surface area contributed by atoms with Gasteiger partial charge in [-0.3, -0.25) is 0 Å². The highest BCUT2D eigenvalue weighted by Gasteiger charge is 2.43. The number of esters is 8. The monoisotopic (exact) mass is 1700 g/mol. The second-order valence-electron chi connectivity index (χ2n) is 30.0. The van der Waals surface area contributed by atoms with E-state index in [-0.39, 0.29) is 55.1 Å². The first-order chi connectivity index (χ1) is 52.0. The third-order valence-electron chi connectivity index (χ3n) is 15.8. The highest BCUT2D eigenvalue weighted by molar-refractivity contribution is 8.01. The summed E-state index contributed by atoms with van der Waals surface area (Å²) in [6, 6.07) is 0. The molecule has 0 amide bonds. The Morgan fingerprint density at radius 3 is 0.848 bits per heavy atom. The van der Waals surface area contributed by atoms with Crippen LogP contribution in [0.5, 0.6) is 0 Å². The molecule has 8 atom stereocenters. The summed E-state index contributed by atoms with van der Waals surface area (Å²) < 4.78 is 95.7.